The van der Waals surface area contributed by atoms with Gasteiger partial charge in [-0.15, -0.1) is 0 Å². The summed E-state index contributed by atoms with van der Waals surface area (Å²) in [7, 11) is 5.62. The molecule has 0 bridgehead atoms. The van der Waals surface area contributed by atoms with Crippen LogP contribution in [-0.4, -0.2) is 21.2 Å². The molecule has 1 unspecified atom stereocenters. The van der Waals surface area contributed by atoms with Gasteiger partial charge in [0.25, 0.3) is 0 Å². The third-order valence-electron chi connectivity index (χ3n) is 3.40. The number of hydrogen-bond acceptors (Lipinski definition) is 4. The van der Waals surface area contributed by atoms with E-state index < -0.39 is 0 Å². The van der Waals surface area contributed by atoms with Gasteiger partial charge in [0.1, 0.15) is 5.75 Å². The number of benzene rings is 2. The number of nitrogens with two attached hydrogens (primary N) is 1. The van der Waals surface area contributed by atoms with E-state index in [0.29, 0.717) is 10.8 Å². The molecular weight excluding hydrogens is 286 g/mol. The summed E-state index contributed by atoms with van der Waals surface area (Å²) in [6.07, 6.45) is 0. The molecule has 5 heteroatoms. The molecule has 0 aliphatic carbocycles. The first-order chi connectivity index (χ1) is 10.1. The molecule has 0 aliphatic rings. The van der Waals surface area contributed by atoms with Crippen LogP contribution in [0.15, 0.2) is 42.5 Å². The fourth-order valence-corrected chi connectivity index (χ4v) is 2.42. The Kier molecular flexibility index (Phi) is 5.07. The predicted octanol–water partition coefficient (Wildman–Crippen LogP) is 2.97. The largest absolute Gasteiger partial charge is 0.495 e. The number of anilines is 1. The number of methoxy groups -OCH3 is 1. The van der Waals surface area contributed by atoms with Crippen molar-refractivity contribution >= 4 is 17.3 Å². The molecule has 0 aliphatic heterocycles. The fourth-order valence-electron chi connectivity index (χ4n) is 2.22. The number of halogens is 1. The van der Waals surface area contributed by atoms with E-state index in [9.17, 15) is 0 Å². The monoisotopic (exact) mass is 305 g/mol. The Morgan fingerprint density at radius 1 is 1.14 bits per heavy atom. The topological polar surface area (TPSA) is 50.5 Å². The summed E-state index contributed by atoms with van der Waals surface area (Å²) in [6.45, 7) is 0. The second-order valence-electron chi connectivity index (χ2n) is 4.98. The van der Waals surface area contributed by atoms with E-state index in [1.165, 1.54) is 0 Å². The summed E-state index contributed by atoms with van der Waals surface area (Å²) in [4.78, 5) is 2.06. The molecule has 2 rings (SSSR count). The first-order valence-corrected chi connectivity index (χ1v) is 7.01. The Morgan fingerprint density at radius 2 is 1.86 bits per heavy atom. The van der Waals surface area contributed by atoms with Crippen LogP contribution >= 0.6 is 11.6 Å². The smallest absolute Gasteiger partial charge is 0.137 e. The van der Waals surface area contributed by atoms with Gasteiger partial charge >= 0.3 is 0 Å². The van der Waals surface area contributed by atoms with Crippen LogP contribution in [0.4, 0.5) is 5.69 Å². The number of rotatable bonds is 5. The van der Waals surface area contributed by atoms with Gasteiger partial charge in [-0.25, -0.2) is 5.43 Å². The van der Waals surface area contributed by atoms with Crippen molar-refractivity contribution in [3.05, 3.63) is 58.6 Å². The minimum atomic E-state index is -0.129. The molecular formula is C16H20ClN3O. The summed E-state index contributed by atoms with van der Waals surface area (Å²) >= 11 is 6.07. The van der Waals surface area contributed by atoms with E-state index in [0.717, 1.165) is 16.8 Å². The summed E-state index contributed by atoms with van der Waals surface area (Å²) in [5.74, 6) is 6.39. The maximum atomic E-state index is 6.07. The molecule has 2 aromatic carbocycles. The molecule has 0 amide bonds. The Labute approximate surface area is 130 Å². The second kappa shape index (κ2) is 6.80. The van der Waals surface area contributed by atoms with Crippen LogP contribution in [0.5, 0.6) is 5.75 Å². The van der Waals surface area contributed by atoms with Crippen molar-refractivity contribution in [3.63, 3.8) is 0 Å². The van der Waals surface area contributed by atoms with Crippen molar-refractivity contribution in [2.24, 2.45) is 5.84 Å². The Morgan fingerprint density at radius 3 is 2.48 bits per heavy atom. The minimum absolute atomic E-state index is 0.129. The number of nitrogens with one attached hydrogen (secondary N) is 1. The van der Waals surface area contributed by atoms with Crippen molar-refractivity contribution in [1.82, 2.24) is 5.43 Å². The van der Waals surface area contributed by atoms with Gasteiger partial charge in [-0.3, -0.25) is 5.84 Å². The van der Waals surface area contributed by atoms with Crippen molar-refractivity contribution in [3.8, 4) is 5.75 Å². The van der Waals surface area contributed by atoms with Gasteiger partial charge in [-0.1, -0.05) is 29.8 Å². The van der Waals surface area contributed by atoms with Crippen LogP contribution in [0, 0.1) is 0 Å². The number of hydrazine groups is 1. The van der Waals surface area contributed by atoms with E-state index in [-0.39, 0.29) is 6.04 Å². The van der Waals surface area contributed by atoms with Crippen molar-refractivity contribution < 1.29 is 4.74 Å². The van der Waals surface area contributed by atoms with Gasteiger partial charge in [0.05, 0.1) is 18.2 Å². The maximum Gasteiger partial charge on any atom is 0.137 e. The van der Waals surface area contributed by atoms with E-state index in [1.54, 1.807) is 7.11 Å². The lowest BCUT2D eigenvalue weighted by atomic mass is 9.98. The third kappa shape index (κ3) is 3.47. The highest BCUT2D eigenvalue weighted by atomic mass is 35.5. The standard InChI is InChI=1S/C16H20ClN3O/c1-20(2)13-6-4-5-11(9-13)16(19-18)12-7-8-14(17)15(10-12)21-3/h4-10,16,19H,18H2,1-3H3. The zero-order valence-corrected chi connectivity index (χ0v) is 13.2. The van der Waals surface area contributed by atoms with E-state index in [4.69, 9.17) is 22.2 Å². The third-order valence-corrected chi connectivity index (χ3v) is 3.71. The Bertz CT molecular complexity index is 616. The molecule has 1 atom stereocenters. The molecule has 0 heterocycles. The first kappa shape index (κ1) is 15.6. The average Bonchev–Trinajstić information content (AvgIpc) is 2.50. The molecule has 4 nitrogen and oxygen atoms in total. The number of hydrogen-bond donors (Lipinski definition) is 2. The van der Waals surface area contributed by atoms with Gasteiger partial charge < -0.3 is 9.64 Å². The SMILES string of the molecule is COc1cc(C(NN)c2cccc(N(C)C)c2)ccc1Cl. The van der Waals surface area contributed by atoms with E-state index >= 15 is 0 Å². The Hall–Kier alpha value is -1.75. The molecule has 0 aromatic heterocycles. The van der Waals surface area contributed by atoms with Crippen molar-refractivity contribution in [1.29, 1.82) is 0 Å². The zero-order valence-electron chi connectivity index (χ0n) is 12.4. The normalized spacial score (nSPS) is 12.0. The molecule has 0 saturated carbocycles. The maximum absolute atomic E-state index is 6.07. The van der Waals surface area contributed by atoms with Crippen LogP contribution in [0.3, 0.4) is 0 Å². The molecule has 3 N–H and O–H groups in total. The van der Waals surface area contributed by atoms with E-state index in [2.05, 4.69) is 22.5 Å². The minimum Gasteiger partial charge on any atom is -0.495 e. The van der Waals surface area contributed by atoms with Crippen LogP contribution < -0.4 is 20.9 Å². The highest BCUT2D eigenvalue weighted by Gasteiger charge is 2.15. The average molecular weight is 306 g/mol. The van der Waals surface area contributed by atoms with Crippen LogP contribution in [0.25, 0.3) is 0 Å². The molecule has 0 fully saturated rings. The Balaban J connectivity index is 2.42. The summed E-state index contributed by atoms with van der Waals surface area (Å²) in [6, 6.07) is 13.7. The van der Waals surface area contributed by atoms with Crippen LogP contribution in [0.1, 0.15) is 17.2 Å². The molecule has 0 saturated heterocycles. The van der Waals surface area contributed by atoms with Crippen molar-refractivity contribution in [2.45, 2.75) is 6.04 Å². The first-order valence-electron chi connectivity index (χ1n) is 6.63. The van der Waals surface area contributed by atoms with Gasteiger partial charge in [-0.2, -0.15) is 0 Å². The summed E-state index contributed by atoms with van der Waals surface area (Å²) in [5, 5.41) is 0.582. The second-order valence-corrected chi connectivity index (χ2v) is 5.39. The lowest BCUT2D eigenvalue weighted by molar-refractivity contribution is 0.414. The lowest BCUT2D eigenvalue weighted by Crippen LogP contribution is -2.29. The molecule has 0 spiro atoms. The summed E-state index contributed by atoms with van der Waals surface area (Å²) < 4.78 is 5.27. The van der Waals surface area contributed by atoms with Crippen LogP contribution in [-0.2, 0) is 0 Å². The lowest BCUT2D eigenvalue weighted by Gasteiger charge is -2.20. The highest BCUT2D eigenvalue weighted by molar-refractivity contribution is 6.32. The van der Waals surface area contributed by atoms with Gasteiger partial charge in [-0.05, 0) is 35.4 Å². The molecule has 2 aromatic rings. The van der Waals surface area contributed by atoms with Crippen molar-refractivity contribution in [2.75, 3.05) is 26.1 Å². The quantitative estimate of drug-likeness (QED) is 0.659. The van der Waals surface area contributed by atoms with Gasteiger partial charge in [0, 0.05) is 19.8 Å². The van der Waals surface area contributed by atoms with Gasteiger partial charge in [0.2, 0.25) is 0 Å². The van der Waals surface area contributed by atoms with Gasteiger partial charge in [0.15, 0.2) is 0 Å². The molecule has 0 radical (unpaired) electrons. The van der Waals surface area contributed by atoms with Crippen LogP contribution in [0.2, 0.25) is 5.02 Å². The number of ether oxygens (including phenoxy) is 1. The van der Waals surface area contributed by atoms with E-state index in [1.807, 2.05) is 44.4 Å². The highest BCUT2D eigenvalue weighted by Crippen LogP contribution is 2.31. The molecule has 112 valence electrons. The molecule has 21 heavy (non-hydrogen) atoms. The predicted molar refractivity (Wildman–Crippen MR) is 87.9 cm³/mol. The zero-order chi connectivity index (χ0) is 15.4. The number of nitrogens with zero attached hydrogens (tertiary/aromatic N) is 1. The fraction of sp³-hybridized carbons (Fsp3) is 0.250. The summed E-state index contributed by atoms with van der Waals surface area (Å²) in [5.41, 5.74) is 6.05.